The number of alkyl halides is 5. The van der Waals surface area contributed by atoms with E-state index in [0.717, 1.165) is 23.3 Å². The van der Waals surface area contributed by atoms with Gasteiger partial charge in [0.1, 0.15) is 0 Å². The Kier molecular flexibility index (Phi) is 7.47. The smallest absolute Gasteiger partial charge is 0.325 e. The highest BCUT2D eigenvalue weighted by molar-refractivity contribution is 6.08. The maximum absolute atomic E-state index is 14.0. The average Bonchev–Trinajstić information content (AvgIpc) is 3.10. The van der Waals surface area contributed by atoms with Crippen LogP contribution in [-0.2, 0) is 15.8 Å². The predicted molar refractivity (Wildman–Crippen MR) is 135 cm³/mol. The number of nitrogens with zero attached hydrogens (tertiary/aromatic N) is 3. The first-order valence-electron chi connectivity index (χ1n) is 12.6. The summed E-state index contributed by atoms with van der Waals surface area (Å²) in [5.74, 6) is -4.77. The molecule has 11 heteroatoms. The Morgan fingerprint density at radius 3 is 2.31 bits per heavy atom. The summed E-state index contributed by atoms with van der Waals surface area (Å²) in [5.41, 5.74) is -0.834. The molecule has 2 amide bonds. The lowest BCUT2D eigenvalue weighted by molar-refractivity contribution is -0.137. The molecule has 2 fully saturated rings. The summed E-state index contributed by atoms with van der Waals surface area (Å²) in [6.45, 7) is 5.15. The normalized spacial score (nSPS) is 23.5. The highest BCUT2D eigenvalue weighted by Gasteiger charge is 2.56. The number of nitrogens with one attached hydrogen (secondary N) is 1. The molecule has 0 unspecified atom stereocenters. The molecule has 0 saturated carbocycles. The number of piperidine rings is 1. The van der Waals surface area contributed by atoms with Gasteiger partial charge >= 0.3 is 6.18 Å². The summed E-state index contributed by atoms with van der Waals surface area (Å²) in [4.78, 5) is 30.8. The predicted octanol–water partition coefficient (Wildman–Crippen LogP) is 5.53. The number of para-hydroxylation sites is 1. The highest BCUT2D eigenvalue weighted by Crippen LogP contribution is 2.44. The van der Waals surface area contributed by atoms with Crippen molar-refractivity contribution in [2.75, 3.05) is 36.4 Å². The maximum Gasteiger partial charge on any atom is 0.416 e. The molecule has 0 aliphatic carbocycles. The SMILES string of the molecule is Cc1cccc(C)c1N1C[C@@](CN2CCC(F)(F)CC2)(C(=O)Nc2cc(C#N)cc(C(F)(F)F)c2)[C@H](C)C1=O. The number of anilines is 2. The number of aryl methyl sites for hydroxylation is 2. The molecule has 0 radical (unpaired) electrons. The standard InChI is InChI=1S/C28H29F5N4O2/c1-17-5-4-6-18(2)23(17)37-16-26(19(3)24(37)38,15-36-9-7-27(29,30)8-10-36)25(39)35-22-12-20(14-34)11-21(13-22)28(31,32)33/h4-6,11-13,19H,7-10,15-16H2,1-3H3,(H,35,39)/t19-,26-/m1/s1. The molecular weight excluding hydrogens is 519 g/mol. The zero-order valence-electron chi connectivity index (χ0n) is 21.8. The summed E-state index contributed by atoms with van der Waals surface area (Å²) < 4.78 is 68.1. The topological polar surface area (TPSA) is 76.4 Å². The van der Waals surface area contributed by atoms with Crippen LogP contribution in [0.2, 0.25) is 0 Å². The molecule has 39 heavy (non-hydrogen) atoms. The number of halogens is 5. The first kappa shape index (κ1) is 28.5. The van der Waals surface area contributed by atoms with Gasteiger partial charge in [0.2, 0.25) is 11.8 Å². The van der Waals surface area contributed by atoms with Gasteiger partial charge in [-0.25, -0.2) is 8.78 Å². The van der Waals surface area contributed by atoms with Crippen LogP contribution < -0.4 is 10.2 Å². The van der Waals surface area contributed by atoms with Gasteiger partial charge in [-0.2, -0.15) is 18.4 Å². The van der Waals surface area contributed by atoms with E-state index in [-0.39, 0.29) is 43.3 Å². The van der Waals surface area contributed by atoms with E-state index in [4.69, 9.17) is 0 Å². The van der Waals surface area contributed by atoms with E-state index < -0.39 is 47.7 Å². The zero-order valence-corrected chi connectivity index (χ0v) is 21.8. The minimum absolute atomic E-state index is 0.00841. The van der Waals surface area contributed by atoms with E-state index in [2.05, 4.69) is 5.32 Å². The monoisotopic (exact) mass is 548 g/mol. The molecular formula is C28H29F5N4O2. The van der Waals surface area contributed by atoms with Crippen molar-refractivity contribution in [1.29, 1.82) is 5.26 Å². The molecule has 2 saturated heterocycles. The number of amides is 2. The lowest BCUT2D eigenvalue weighted by atomic mass is 9.76. The minimum atomic E-state index is -4.75. The van der Waals surface area contributed by atoms with Crippen molar-refractivity contribution in [3.63, 3.8) is 0 Å². The first-order chi connectivity index (χ1) is 18.2. The van der Waals surface area contributed by atoms with E-state index in [1.807, 2.05) is 32.0 Å². The number of carbonyl (C=O) groups is 2. The van der Waals surface area contributed by atoms with Gasteiger partial charge < -0.3 is 15.1 Å². The number of benzene rings is 2. The van der Waals surface area contributed by atoms with E-state index in [1.165, 1.54) is 4.90 Å². The van der Waals surface area contributed by atoms with Crippen molar-refractivity contribution in [3.05, 3.63) is 58.7 Å². The molecule has 0 bridgehead atoms. The van der Waals surface area contributed by atoms with Crippen LogP contribution in [0.1, 0.15) is 42.0 Å². The van der Waals surface area contributed by atoms with E-state index in [0.29, 0.717) is 11.8 Å². The molecule has 2 aromatic carbocycles. The van der Waals surface area contributed by atoms with E-state index in [9.17, 15) is 36.8 Å². The highest BCUT2D eigenvalue weighted by atomic mass is 19.4. The van der Waals surface area contributed by atoms with Crippen LogP contribution in [0.15, 0.2) is 36.4 Å². The largest absolute Gasteiger partial charge is 0.416 e. The van der Waals surface area contributed by atoms with Gasteiger partial charge in [-0.15, -0.1) is 0 Å². The number of rotatable bonds is 5. The van der Waals surface area contributed by atoms with Gasteiger partial charge in [0.05, 0.1) is 28.5 Å². The molecule has 2 aromatic rings. The minimum Gasteiger partial charge on any atom is -0.325 e. The summed E-state index contributed by atoms with van der Waals surface area (Å²) in [6, 6.07) is 9.73. The van der Waals surface area contributed by atoms with Crippen LogP contribution in [0.5, 0.6) is 0 Å². The molecule has 1 N–H and O–H groups in total. The molecule has 0 aromatic heterocycles. The van der Waals surface area contributed by atoms with Gasteiger partial charge in [-0.1, -0.05) is 25.1 Å². The summed E-state index contributed by atoms with van der Waals surface area (Å²) in [5, 5.41) is 11.8. The van der Waals surface area contributed by atoms with Crippen LogP contribution in [0, 0.1) is 36.5 Å². The Hall–Kier alpha value is -3.52. The number of likely N-dealkylation sites (tertiary alicyclic amines) is 1. The summed E-state index contributed by atoms with van der Waals surface area (Å²) in [7, 11) is 0. The molecule has 4 rings (SSSR count). The van der Waals surface area contributed by atoms with Crippen LogP contribution in [-0.4, -0.2) is 48.8 Å². The second-order valence-electron chi connectivity index (χ2n) is 10.5. The van der Waals surface area contributed by atoms with Gasteiger partial charge in [0, 0.05) is 50.4 Å². The fourth-order valence-electron chi connectivity index (χ4n) is 5.54. The van der Waals surface area contributed by atoms with Crippen molar-refractivity contribution in [3.8, 4) is 6.07 Å². The van der Waals surface area contributed by atoms with Crippen LogP contribution in [0.25, 0.3) is 0 Å². The Bertz CT molecular complexity index is 1310. The lowest BCUT2D eigenvalue weighted by Crippen LogP contribution is -2.53. The summed E-state index contributed by atoms with van der Waals surface area (Å²) >= 11 is 0. The fourth-order valence-corrected chi connectivity index (χ4v) is 5.54. The van der Waals surface area contributed by atoms with Crippen molar-refractivity contribution in [1.82, 2.24) is 4.90 Å². The average molecular weight is 549 g/mol. The van der Waals surface area contributed by atoms with E-state index in [1.54, 1.807) is 17.9 Å². The Morgan fingerprint density at radius 2 is 1.74 bits per heavy atom. The molecule has 208 valence electrons. The van der Waals surface area contributed by atoms with E-state index >= 15 is 0 Å². The third-order valence-electron chi connectivity index (χ3n) is 7.81. The van der Waals surface area contributed by atoms with Crippen molar-refractivity contribution < 1.29 is 31.5 Å². The third-order valence-corrected chi connectivity index (χ3v) is 7.81. The van der Waals surface area contributed by atoms with Gasteiger partial charge in [-0.3, -0.25) is 9.59 Å². The fraction of sp³-hybridized carbons (Fsp3) is 0.464. The number of carbonyl (C=O) groups excluding carboxylic acids is 2. The van der Waals surface area contributed by atoms with Crippen LogP contribution >= 0.6 is 0 Å². The molecule has 0 spiro atoms. The zero-order chi connectivity index (χ0) is 28.8. The summed E-state index contributed by atoms with van der Waals surface area (Å²) in [6.07, 6.45) is -5.54. The van der Waals surface area contributed by atoms with Crippen LogP contribution in [0.3, 0.4) is 0 Å². The lowest BCUT2D eigenvalue weighted by Gasteiger charge is -2.39. The molecule has 2 heterocycles. The number of hydrogen-bond donors (Lipinski definition) is 1. The van der Waals surface area contributed by atoms with Gasteiger partial charge in [-0.05, 0) is 43.2 Å². The van der Waals surface area contributed by atoms with Gasteiger partial charge in [0.15, 0.2) is 0 Å². The van der Waals surface area contributed by atoms with Gasteiger partial charge in [0.25, 0.3) is 5.92 Å². The Labute approximate surface area is 223 Å². The molecule has 2 aliphatic heterocycles. The Balaban J connectivity index is 1.74. The molecule has 2 aliphatic rings. The van der Waals surface area contributed by atoms with Crippen molar-refractivity contribution >= 4 is 23.2 Å². The quantitative estimate of drug-likeness (QED) is 0.499. The number of hydrogen-bond acceptors (Lipinski definition) is 4. The maximum atomic E-state index is 14.0. The van der Waals surface area contributed by atoms with Crippen molar-refractivity contribution in [2.45, 2.75) is 45.7 Å². The Morgan fingerprint density at radius 1 is 1.13 bits per heavy atom. The molecule has 2 atom stereocenters. The number of nitriles is 1. The molecule has 6 nitrogen and oxygen atoms in total. The van der Waals surface area contributed by atoms with Crippen molar-refractivity contribution in [2.24, 2.45) is 11.3 Å². The second kappa shape index (κ2) is 10.2. The first-order valence-corrected chi connectivity index (χ1v) is 12.6. The van der Waals surface area contributed by atoms with Crippen LogP contribution in [0.4, 0.5) is 33.3 Å². The second-order valence-corrected chi connectivity index (χ2v) is 10.5. The third kappa shape index (κ3) is 5.62.